The minimum Gasteiger partial charge on any atom is -0.497 e. The Labute approximate surface area is 218 Å². The zero-order valence-electron chi connectivity index (χ0n) is 20.9. The summed E-state index contributed by atoms with van der Waals surface area (Å²) in [6.07, 6.45) is 1.68. The van der Waals surface area contributed by atoms with E-state index < -0.39 is 5.91 Å². The first-order valence-corrected chi connectivity index (χ1v) is 12.2. The number of rotatable bonds is 6. The predicted molar refractivity (Wildman–Crippen MR) is 146 cm³/mol. The zero-order valence-corrected chi connectivity index (χ0v) is 21.7. The number of ether oxygens (including phenoxy) is 2. The van der Waals surface area contributed by atoms with Gasteiger partial charge in [0.25, 0.3) is 11.5 Å². The molecule has 0 saturated carbocycles. The Kier molecular flexibility index (Phi) is 7.56. The number of hydrogen-bond donors (Lipinski definition) is 1. The SMILES string of the molecule is COc1ccc(OC)c(C=c2sc(=C(C#N)C(=O)Nc3cccc(C)c3)n(-c3ccccc3C)c2=O)c1. The Morgan fingerprint density at radius 2 is 1.81 bits per heavy atom. The summed E-state index contributed by atoms with van der Waals surface area (Å²) in [5.41, 5.74) is 3.06. The average Bonchev–Trinajstić information content (AvgIpc) is 3.19. The third-order valence-electron chi connectivity index (χ3n) is 5.73. The van der Waals surface area contributed by atoms with Crippen LogP contribution in [-0.2, 0) is 4.79 Å². The van der Waals surface area contributed by atoms with E-state index in [1.165, 1.54) is 4.57 Å². The van der Waals surface area contributed by atoms with Crippen molar-refractivity contribution in [3.8, 4) is 23.3 Å². The van der Waals surface area contributed by atoms with Crippen molar-refractivity contribution in [2.75, 3.05) is 19.5 Å². The molecule has 1 aromatic heterocycles. The molecule has 0 saturated heterocycles. The predicted octanol–water partition coefficient (Wildman–Crippen LogP) is 3.67. The van der Waals surface area contributed by atoms with Crippen molar-refractivity contribution < 1.29 is 14.3 Å². The Bertz CT molecular complexity index is 1710. The standard InChI is InChI=1S/C29H25N3O4S/c1-18-8-7-10-21(14-18)31-27(33)23(17-30)29-32(24-11-6-5-9-19(24)2)28(34)26(37-29)16-20-15-22(35-3)12-13-25(20)36-4/h5-16H,1-4H3,(H,31,33). The van der Waals surface area contributed by atoms with E-state index in [2.05, 4.69) is 5.32 Å². The number of carbonyl (C=O) groups excluding carboxylic acids is 1. The maximum atomic E-state index is 13.8. The number of para-hydroxylation sites is 1. The van der Waals surface area contributed by atoms with Gasteiger partial charge in [-0.1, -0.05) is 30.3 Å². The van der Waals surface area contributed by atoms with Crippen LogP contribution in [0.5, 0.6) is 11.5 Å². The number of aromatic nitrogens is 1. The summed E-state index contributed by atoms with van der Waals surface area (Å²) in [7, 11) is 3.10. The lowest BCUT2D eigenvalue weighted by Gasteiger charge is -2.08. The van der Waals surface area contributed by atoms with E-state index in [-0.39, 0.29) is 15.8 Å². The van der Waals surface area contributed by atoms with Crippen molar-refractivity contribution in [3.05, 3.63) is 103 Å². The molecule has 0 spiro atoms. The van der Waals surface area contributed by atoms with Crippen molar-refractivity contribution in [1.82, 2.24) is 4.57 Å². The fourth-order valence-electron chi connectivity index (χ4n) is 3.89. The number of nitriles is 1. The minimum absolute atomic E-state index is 0.163. The van der Waals surface area contributed by atoms with Crippen LogP contribution in [0.2, 0.25) is 0 Å². The summed E-state index contributed by atoms with van der Waals surface area (Å²) in [5, 5.41) is 12.8. The van der Waals surface area contributed by atoms with Gasteiger partial charge in [0.2, 0.25) is 0 Å². The maximum absolute atomic E-state index is 13.8. The number of nitrogens with one attached hydrogen (secondary N) is 1. The van der Waals surface area contributed by atoms with Gasteiger partial charge in [0.15, 0.2) is 5.57 Å². The molecular formula is C29H25N3O4S. The molecule has 37 heavy (non-hydrogen) atoms. The number of amides is 1. The molecule has 0 unspecified atom stereocenters. The molecule has 8 heteroatoms. The van der Waals surface area contributed by atoms with Gasteiger partial charge >= 0.3 is 0 Å². The molecule has 0 fully saturated rings. The van der Waals surface area contributed by atoms with Gasteiger partial charge in [-0.15, -0.1) is 11.3 Å². The molecule has 0 radical (unpaired) electrons. The second-order valence-corrected chi connectivity index (χ2v) is 9.29. The van der Waals surface area contributed by atoms with E-state index in [9.17, 15) is 14.9 Å². The number of hydrogen-bond acceptors (Lipinski definition) is 6. The van der Waals surface area contributed by atoms with Crippen molar-refractivity contribution in [2.45, 2.75) is 13.8 Å². The largest absolute Gasteiger partial charge is 0.497 e. The van der Waals surface area contributed by atoms with Crippen LogP contribution in [0, 0.1) is 25.2 Å². The van der Waals surface area contributed by atoms with Gasteiger partial charge in [0.05, 0.1) is 24.4 Å². The van der Waals surface area contributed by atoms with Crippen molar-refractivity contribution in [3.63, 3.8) is 0 Å². The molecule has 0 aliphatic carbocycles. The first kappa shape index (κ1) is 25.5. The molecule has 3 aromatic carbocycles. The summed E-state index contributed by atoms with van der Waals surface area (Å²) < 4.78 is 12.8. The first-order chi connectivity index (χ1) is 17.9. The van der Waals surface area contributed by atoms with Crippen molar-refractivity contribution >= 4 is 34.6 Å². The van der Waals surface area contributed by atoms with E-state index in [4.69, 9.17) is 9.47 Å². The van der Waals surface area contributed by atoms with Crippen LogP contribution in [0.15, 0.2) is 71.5 Å². The zero-order chi connectivity index (χ0) is 26.5. The van der Waals surface area contributed by atoms with Crippen LogP contribution < -0.4 is 29.5 Å². The highest BCUT2D eigenvalue weighted by atomic mass is 32.1. The van der Waals surface area contributed by atoms with E-state index in [1.807, 2.05) is 56.3 Å². The highest BCUT2D eigenvalue weighted by Crippen LogP contribution is 2.24. The molecule has 1 heterocycles. The van der Waals surface area contributed by atoms with Crippen LogP contribution in [0.3, 0.4) is 0 Å². The molecule has 1 amide bonds. The molecule has 186 valence electrons. The molecular weight excluding hydrogens is 486 g/mol. The molecule has 4 aromatic rings. The monoisotopic (exact) mass is 511 g/mol. The molecule has 4 rings (SSSR count). The highest BCUT2D eigenvalue weighted by Gasteiger charge is 2.18. The number of thiazole rings is 1. The second-order valence-electron chi connectivity index (χ2n) is 8.26. The van der Waals surface area contributed by atoms with Crippen LogP contribution in [0.1, 0.15) is 16.7 Å². The third-order valence-corrected chi connectivity index (χ3v) is 6.82. The number of anilines is 1. The third kappa shape index (κ3) is 5.32. The molecule has 0 bridgehead atoms. The number of nitrogens with zero attached hydrogens (tertiary/aromatic N) is 2. The summed E-state index contributed by atoms with van der Waals surface area (Å²) in [4.78, 5) is 27.0. The Balaban J connectivity index is 2.01. The summed E-state index contributed by atoms with van der Waals surface area (Å²) in [5.74, 6) is 0.561. The van der Waals surface area contributed by atoms with Crippen molar-refractivity contribution in [1.29, 1.82) is 5.26 Å². The molecule has 0 aliphatic heterocycles. The van der Waals surface area contributed by atoms with Crippen LogP contribution in [0.4, 0.5) is 5.69 Å². The lowest BCUT2D eigenvalue weighted by molar-refractivity contribution is -0.111. The van der Waals surface area contributed by atoms with E-state index in [1.54, 1.807) is 50.6 Å². The van der Waals surface area contributed by atoms with E-state index in [0.29, 0.717) is 33.0 Å². The quantitative estimate of drug-likeness (QED) is 0.426. The summed E-state index contributed by atoms with van der Waals surface area (Å²) >= 11 is 1.07. The van der Waals surface area contributed by atoms with Gasteiger partial charge in [-0.3, -0.25) is 14.2 Å². The lowest BCUT2D eigenvalue weighted by Crippen LogP contribution is -2.32. The normalized spacial score (nSPS) is 12.0. The van der Waals surface area contributed by atoms with Crippen molar-refractivity contribution in [2.24, 2.45) is 0 Å². The lowest BCUT2D eigenvalue weighted by atomic mass is 10.1. The van der Waals surface area contributed by atoms with Gasteiger partial charge in [0.1, 0.15) is 22.2 Å². The van der Waals surface area contributed by atoms with Crippen LogP contribution in [0.25, 0.3) is 17.3 Å². The number of carbonyl (C=O) groups is 1. The van der Waals surface area contributed by atoms with Gasteiger partial charge in [-0.05, 0) is 67.4 Å². The molecule has 0 aliphatic rings. The molecule has 7 nitrogen and oxygen atoms in total. The van der Waals surface area contributed by atoms with Gasteiger partial charge in [-0.25, -0.2) is 0 Å². The Hall–Kier alpha value is -4.61. The summed E-state index contributed by atoms with van der Waals surface area (Å²) in [6, 6.07) is 21.9. The fraction of sp³-hybridized carbons (Fsp3) is 0.138. The smallest absolute Gasteiger partial charge is 0.273 e. The van der Waals surface area contributed by atoms with Crippen LogP contribution in [-0.4, -0.2) is 24.7 Å². The molecule has 1 N–H and O–H groups in total. The molecule has 0 atom stereocenters. The van der Waals surface area contributed by atoms with Crippen LogP contribution >= 0.6 is 11.3 Å². The Morgan fingerprint density at radius 1 is 1.03 bits per heavy atom. The minimum atomic E-state index is -0.595. The fourth-order valence-corrected chi connectivity index (χ4v) is 4.97. The first-order valence-electron chi connectivity index (χ1n) is 11.4. The van der Waals surface area contributed by atoms with Gasteiger partial charge in [0, 0.05) is 11.3 Å². The topological polar surface area (TPSA) is 93.3 Å². The second kappa shape index (κ2) is 11.0. The Morgan fingerprint density at radius 3 is 2.49 bits per heavy atom. The average molecular weight is 512 g/mol. The number of methoxy groups -OCH3 is 2. The summed E-state index contributed by atoms with van der Waals surface area (Å²) in [6.45, 7) is 3.78. The number of benzene rings is 3. The van der Waals surface area contributed by atoms with E-state index >= 15 is 0 Å². The van der Waals surface area contributed by atoms with Gasteiger partial charge < -0.3 is 14.8 Å². The van der Waals surface area contributed by atoms with E-state index in [0.717, 1.165) is 22.5 Å². The maximum Gasteiger partial charge on any atom is 0.273 e. The number of aryl methyl sites for hydroxylation is 2. The highest BCUT2D eigenvalue weighted by molar-refractivity contribution is 7.07. The van der Waals surface area contributed by atoms with Gasteiger partial charge in [-0.2, -0.15) is 5.26 Å².